The maximum atomic E-state index is 14.5. The summed E-state index contributed by atoms with van der Waals surface area (Å²) in [6.45, 7) is 4.27. The van der Waals surface area contributed by atoms with Crippen LogP contribution in [-0.2, 0) is 22.0 Å². The molecule has 2 bridgehead atoms. The SMILES string of the molecule is CC1(C)[C@H]2CC[C@]1(c1cncc(-c3nc(CNS(C)(=O)=O)co3)n1)c1nnc(-c3c(F)cccc3F)cc12. The van der Waals surface area contributed by atoms with Gasteiger partial charge >= 0.3 is 0 Å². The summed E-state index contributed by atoms with van der Waals surface area (Å²) in [5, 5.41) is 8.80. The number of aromatic nitrogens is 5. The summed E-state index contributed by atoms with van der Waals surface area (Å²) in [4.78, 5) is 13.6. The third-order valence-corrected chi connectivity index (χ3v) is 8.63. The largest absolute Gasteiger partial charge is 0.443 e. The Balaban J connectivity index is 1.41. The number of benzene rings is 1. The van der Waals surface area contributed by atoms with Gasteiger partial charge in [-0.2, -0.15) is 5.10 Å². The molecule has 1 saturated carbocycles. The number of hydrogen-bond donors (Lipinski definition) is 1. The molecule has 0 unspecified atom stereocenters. The molecule has 38 heavy (non-hydrogen) atoms. The lowest BCUT2D eigenvalue weighted by Gasteiger charge is -2.37. The lowest BCUT2D eigenvalue weighted by molar-refractivity contribution is 0.242. The fourth-order valence-corrected chi connectivity index (χ4v) is 6.55. The van der Waals surface area contributed by atoms with Crippen LogP contribution in [0.4, 0.5) is 8.78 Å². The van der Waals surface area contributed by atoms with Gasteiger partial charge in [0, 0.05) is 6.20 Å². The second-order valence-corrected chi connectivity index (χ2v) is 12.2. The lowest BCUT2D eigenvalue weighted by Crippen LogP contribution is -2.38. The molecule has 2 atom stereocenters. The first-order chi connectivity index (χ1) is 18.0. The van der Waals surface area contributed by atoms with Crippen molar-refractivity contribution >= 4 is 10.0 Å². The van der Waals surface area contributed by atoms with Crippen LogP contribution in [0.5, 0.6) is 0 Å². The Bertz CT molecular complexity index is 1670. The van der Waals surface area contributed by atoms with Gasteiger partial charge in [-0.3, -0.25) is 4.98 Å². The zero-order valence-electron chi connectivity index (χ0n) is 20.9. The normalized spacial score (nSPS) is 21.6. The molecule has 0 saturated heterocycles. The average Bonchev–Trinajstić information content (AvgIpc) is 3.50. The molecule has 12 heteroatoms. The van der Waals surface area contributed by atoms with Gasteiger partial charge in [0.15, 0.2) is 0 Å². The fraction of sp³-hybridized carbons (Fsp3) is 0.346. The minimum Gasteiger partial charge on any atom is -0.443 e. The highest BCUT2D eigenvalue weighted by molar-refractivity contribution is 7.88. The van der Waals surface area contributed by atoms with Gasteiger partial charge in [0.2, 0.25) is 15.9 Å². The standard InChI is InChI=1S/C26H24F2N6O3S/c1-25(2)16-7-8-26(25,23-15(16)9-19(33-34-23)22-17(27)5-4-6-18(22)28)21-12-29-11-20(32-21)24-31-14(13-37-24)10-30-38(3,35)36/h4-6,9,11-13,16,30H,7-8,10H2,1-3H3/t16-,26-/m0/s1. The molecule has 1 N–H and O–H groups in total. The maximum Gasteiger partial charge on any atom is 0.246 e. The van der Waals surface area contributed by atoms with Gasteiger partial charge in [0.25, 0.3) is 0 Å². The fourth-order valence-electron chi connectivity index (χ4n) is 6.14. The Labute approximate surface area is 217 Å². The lowest BCUT2D eigenvalue weighted by atomic mass is 9.66. The number of halogens is 2. The number of hydrogen-bond acceptors (Lipinski definition) is 8. The molecule has 0 amide bonds. The molecule has 4 aromatic rings. The zero-order valence-corrected chi connectivity index (χ0v) is 21.7. The van der Waals surface area contributed by atoms with E-state index in [1.54, 1.807) is 12.3 Å². The second kappa shape index (κ2) is 8.43. The molecule has 9 nitrogen and oxygen atoms in total. The minimum absolute atomic E-state index is 0.0119. The van der Waals surface area contributed by atoms with E-state index in [-0.39, 0.29) is 35.0 Å². The van der Waals surface area contributed by atoms with Crippen molar-refractivity contribution < 1.29 is 21.6 Å². The molecule has 1 aromatic carbocycles. The molecule has 6 rings (SSSR count). The van der Waals surface area contributed by atoms with Gasteiger partial charge in [-0.15, -0.1) is 5.10 Å². The first-order valence-corrected chi connectivity index (χ1v) is 13.9. The average molecular weight is 539 g/mol. The van der Waals surface area contributed by atoms with E-state index in [9.17, 15) is 17.2 Å². The first kappa shape index (κ1) is 24.7. The maximum absolute atomic E-state index is 14.5. The van der Waals surface area contributed by atoms with E-state index >= 15 is 0 Å². The third-order valence-electron chi connectivity index (χ3n) is 7.96. The van der Waals surface area contributed by atoms with Crippen molar-refractivity contribution in [1.29, 1.82) is 0 Å². The van der Waals surface area contributed by atoms with Crippen LogP contribution in [0.2, 0.25) is 0 Å². The number of sulfonamides is 1. The summed E-state index contributed by atoms with van der Waals surface area (Å²) < 4.78 is 59.8. The third kappa shape index (κ3) is 3.65. The van der Waals surface area contributed by atoms with Crippen LogP contribution < -0.4 is 4.72 Å². The van der Waals surface area contributed by atoms with Crippen molar-refractivity contribution in [3.63, 3.8) is 0 Å². The van der Waals surface area contributed by atoms with Gasteiger partial charge in [0.05, 0.1) is 52.8 Å². The van der Waals surface area contributed by atoms with Gasteiger partial charge in [-0.05, 0) is 47.9 Å². The molecule has 0 radical (unpaired) electrons. The molecular weight excluding hydrogens is 514 g/mol. The quantitative estimate of drug-likeness (QED) is 0.389. The summed E-state index contributed by atoms with van der Waals surface area (Å²) in [6.07, 6.45) is 7.27. The molecule has 3 heterocycles. The Hall–Kier alpha value is -3.64. The van der Waals surface area contributed by atoms with E-state index < -0.39 is 27.1 Å². The molecule has 0 aliphatic heterocycles. The number of fused-ring (bicyclic) bond motifs is 5. The molecule has 196 valence electrons. The van der Waals surface area contributed by atoms with Crippen LogP contribution in [0.3, 0.4) is 0 Å². The van der Waals surface area contributed by atoms with E-state index in [4.69, 9.17) is 9.40 Å². The summed E-state index contributed by atoms with van der Waals surface area (Å²) in [6, 6.07) is 5.48. The number of rotatable bonds is 6. The van der Waals surface area contributed by atoms with E-state index in [0.717, 1.165) is 30.4 Å². The van der Waals surface area contributed by atoms with Crippen molar-refractivity contribution in [2.75, 3.05) is 6.26 Å². The van der Waals surface area contributed by atoms with Crippen LogP contribution in [-0.4, -0.2) is 39.8 Å². The topological polar surface area (TPSA) is 124 Å². The summed E-state index contributed by atoms with van der Waals surface area (Å²) in [7, 11) is -3.38. The van der Waals surface area contributed by atoms with Crippen molar-refractivity contribution in [2.45, 2.75) is 44.6 Å². The Morgan fingerprint density at radius 1 is 1.11 bits per heavy atom. The van der Waals surface area contributed by atoms with E-state index in [0.29, 0.717) is 17.1 Å². The van der Waals surface area contributed by atoms with Crippen LogP contribution in [0.25, 0.3) is 22.8 Å². The number of oxazole rings is 1. The predicted molar refractivity (Wildman–Crippen MR) is 133 cm³/mol. The van der Waals surface area contributed by atoms with Crippen molar-refractivity contribution in [3.05, 3.63) is 77.2 Å². The highest BCUT2D eigenvalue weighted by atomic mass is 32.2. The van der Waals surface area contributed by atoms with Crippen molar-refractivity contribution in [3.8, 4) is 22.8 Å². The minimum atomic E-state index is -3.38. The van der Waals surface area contributed by atoms with E-state index in [2.05, 4.69) is 38.7 Å². The molecular formula is C26H24F2N6O3S. The van der Waals surface area contributed by atoms with E-state index in [1.165, 1.54) is 30.7 Å². The molecule has 3 aromatic heterocycles. The summed E-state index contributed by atoms with van der Waals surface area (Å²) >= 11 is 0. The first-order valence-electron chi connectivity index (χ1n) is 12.1. The Kier molecular flexibility index (Phi) is 5.48. The highest BCUT2D eigenvalue weighted by Gasteiger charge is 2.65. The monoisotopic (exact) mass is 538 g/mol. The van der Waals surface area contributed by atoms with Crippen molar-refractivity contribution in [2.24, 2.45) is 5.41 Å². The number of nitrogens with zero attached hydrogens (tertiary/aromatic N) is 5. The Morgan fingerprint density at radius 3 is 2.61 bits per heavy atom. The Morgan fingerprint density at radius 2 is 1.87 bits per heavy atom. The zero-order chi connectivity index (χ0) is 26.9. The second-order valence-electron chi connectivity index (χ2n) is 10.4. The molecule has 0 spiro atoms. The van der Waals surface area contributed by atoms with Crippen LogP contribution in [0.15, 0.2) is 47.3 Å². The summed E-state index contributed by atoms with van der Waals surface area (Å²) in [5.74, 6) is -1.08. The molecule has 2 aliphatic rings. The van der Waals surface area contributed by atoms with Crippen LogP contribution >= 0.6 is 0 Å². The predicted octanol–water partition coefficient (Wildman–Crippen LogP) is 4.12. The van der Waals surface area contributed by atoms with Gasteiger partial charge < -0.3 is 4.42 Å². The van der Waals surface area contributed by atoms with Gasteiger partial charge in [-0.25, -0.2) is 31.9 Å². The molecule has 1 fully saturated rings. The van der Waals surface area contributed by atoms with E-state index in [1.807, 2.05) is 0 Å². The van der Waals surface area contributed by atoms with Gasteiger partial charge in [0.1, 0.15) is 23.6 Å². The number of nitrogens with one attached hydrogen (secondary N) is 1. The van der Waals surface area contributed by atoms with Crippen LogP contribution in [0, 0.1) is 17.0 Å². The molecule has 2 aliphatic carbocycles. The smallest absolute Gasteiger partial charge is 0.246 e. The summed E-state index contributed by atoms with van der Waals surface area (Å²) in [5.41, 5.74) is 2.14. The highest BCUT2D eigenvalue weighted by Crippen LogP contribution is 2.69. The van der Waals surface area contributed by atoms with Crippen LogP contribution in [0.1, 0.15) is 55.3 Å². The van der Waals surface area contributed by atoms with Crippen molar-refractivity contribution in [1.82, 2.24) is 29.9 Å². The van der Waals surface area contributed by atoms with Gasteiger partial charge in [-0.1, -0.05) is 19.9 Å².